The topological polar surface area (TPSA) is 84.1 Å². The number of nitrogens with one attached hydrogen (secondary N) is 1. The molecule has 136 valence electrons. The summed E-state index contributed by atoms with van der Waals surface area (Å²) in [6.45, 7) is 1.25. The van der Waals surface area contributed by atoms with E-state index in [0.29, 0.717) is 33.6 Å². The molecule has 0 bridgehead atoms. The van der Waals surface area contributed by atoms with E-state index < -0.39 is 16.8 Å². The van der Waals surface area contributed by atoms with Crippen molar-refractivity contribution in [3.8, 4) is 0 Å². The minimum absolute atomic E-state index is 0.0139. The molecule has 5 rings (SSSR count). The van der Waals surface area contributed by atoms with Crippen LogP contribution in [0, 0.1) is 5.82 Å². The number of benzene rings is 1. The third kappa shape index (κ3) is 2.23. The summed E-state index contributed by atoms with van der Waals surface area (Å²) in [5.74, 6) is -0.469. The summed E-state index contributed by atoms with van der Waals surface area (Å²) in [6.07, 6.45) is 2.76. The quantitative estimate of drug-likeness (QED) is 0.643. The minimum atomic E-state index is -0.469. The van der Waals surface area contributed by atoms with Crippen molar-refractivity contribution in [2.75, 3.05) is 18.0 Å². The van der Waals surface area contributed by atoms with Gasteiger partial charge in [0.1, 0.15) is 16.0 Å². The van der Waals surface area contributed by atoms with Crippen molar-refractivity contribution in [2.45, 2.75) is 31.3 Å². The number of fused-ring (bicyclic) bond motifs is 2. The molecule has 2 fully saturated rings. The van der Waals surface area contributed by atoms with E-state index in [9.17, 15) is 14.0 Å². The van der Waals surface area contributed by atoms with E-state index in [4.69, 9.17) is 5.73 Å². The number of halogens is 2. The molecule has 1 atom stereocenters. The molecule has 0 spiro atoms. The lowest BCUT2D eigenvalue weighted by atomic mass is 10.1. The van der Waals surface area contributed by atoms with Crippen LogP contribution in [-0.4, -0.2) is 28.1 Å². The molecule has 3 heterocycles. The number of hydrogen-bond acceptors (Lipinski definition) is 5. The molecule has 3 N–H and O–H groups in total. The molecule has 2 aliphatic rings. The zero-order valence-electron chi connectivity index (χ0n) is 13.7. The van der Waals surface area contributed by atoms with Gasteiger partial charge >= 0.3 is 0 Å². The van der Waals surface area contributed by atoms with Gasteiger partial charge in [-0.15, -0.1) is 0 Å². The summed E-state index contributed by atoms with van der Waals surface area (Å²) >= 11 is 4.74. The number of anilines is 1. The van der Waals surface area contributed by atoms with Gasteiger partial charge in [-0.2, -0.15) is 0 Å². The van der Waals surface area contributed by atoms with Crippen molar-refractivity contribution in [2.24, 2.45) is 5.73 Å². The normalized spacial score (nSPS) is 20.6. The summed E-state index contributed by atoms with van der Waals surface area (Å²) in [5.41, 5.74) is 6.28. The van der Waals surface area contributed by atoms with E-state index in [1.54, 1.807) is 0 Å². The molecule has 0 amide bonds. The SMILES string of the molecule is NC1CCN(c2c(F)cc3c(=O)c4c(=O)[nH]sc4n(C4CC4)c3c2Br)C1. The fourth-order valence-corrected chi connectivity index (χ4v) is 5.63. The van der Waals surface area contributed by atoms with Gasteiger partial charge in [-0.05, 0) is 52.8 Å². The number of pyridine rings is 1. The van der Waals surface area contributed by atoms with Crippen LogP contribution in [0.3, 0.4) is 0 Å². The Morgan fingerprint density at radius 3 is 2.73 bits per heavy atom. The van der Waals surface area contributed by atoms with Crippen molar-refractivity contribution >= 4 is 54.3 Å². The number of H-pyrrole nitrogens is 1. The number of nitrogens with zero attached hydrogens (tertiary/aromatic N) is 2. The lowest BCUT2D eigenvalue weighted by molar-refractivity contribution is 0.622. The molecule has 6 nitrogen and oxygen atoms in total. The van der Waals surface area contributed by atoms with Crippen LogP contribution in [0.15, 0.2) is 20.1 Å². The van der Waals surface area contributed by atoms with E-state index >= 15 is 0 Å². The first-order valence-corrected chi connectivity index (χ1v) is 10.2. The number of hydrogen-bond donors (Lipinski definition) is 2. The molecule has 26 heavy (non-hydrogen) atoms. The average Bonchev–Trinajstić information content (AvgIpc) is 3.23. The van der Waals surface area contributed by atoms with Gasteiger partial charge < -0.3 is 15.2 Å². The van der Waals surface area contributed by atoms with Gasteiger partial charge in [0.2, 0.25) is 5.43 Å². The van der Waals surface area contributed by atoms with Crippen LogP contribution in [0.5, 0.6) is 0 Å². The van der Waals surface area contributed by atoms with E-state index in [1.165, 1.54) is 17.6 Å². The van der Waals surface area contributed by atoms with E-state index in [1.807, 2.05) is 9.47 Å². The fourth-order valence-electron chi connectivity index (χ4n) is 3.87. The van der Waals surface area contributed by atoms with Crippen molar-refractivity contribution in [1.29, 1.82) is 0 Å². The first-order chi connectivity index (χ1) is 12.5. The Hall–Kier alpha value is -1.71. The Bertz CT molecular complexity index is 1180. The zero-order chi connectivity index (χ0) is 18.2. The summed E-state index contributed by atoms with van der Waals surface area (Å²) in [7, 11) is 0. The van der Waals surface area contributed by atoms with Crippen molar-refractivity contribution in [1.82, 2.24) is 8.94 Å². The monoisotopic (exact) mass is 438 g/mol. The molecule has 0 radical (unpaired) electrons. The molecule has 9 heteroatoms. The van der Waals surface area contributed by atoms with E-state index in [2.05, 4.69) is 20.3 Å². The second-order valence-corrected chi connectivity index (χ2v) is 8.64. The van der Waals surface area contributed by atoms with Gasteiger partial charge in [0.15, 0.2) is 0 Å². The molecule has 1 unspecified atom stereocenters. The minimum Gasteiger partial charge on any atom is -0.367 e. The summed E-state index contributed by atoms with van der Waals surface area (Å²) < 4.78 is 20.2. The first-order valence-electron chi connectivity index (χ1n) is 8.55. The Morgan fingerprint density at radius 1 is 1.31 bits per heavy atom. The molecule has 1 aromatic carbocycles. The lowest BCUT2D eigenvalue weighted by Gasteiger charge is -2.23. The predicted molar refractivity (Wildman–Crippen MR) is 105 cm³/mol. The predicted octanol–water partition coefficient (Wildman–Crippen LogP) is 2.68. The highest BCUT2D eigenvalue weighted by molar-refractivity contribution is 9.10. The molecule has 1 aliphatic carbocycles. The lowest BCUT2D eigenvalue weighted by Crippen LogP contribution is -2.27. The standard InChI is InChI=1S/C17H16BrFN4O2S/c18-12-13-9(5-10(19)14(12)22-4-3-7(20)6-22)15(24)11-16(25)21-26-17(11)23(13)8-1-2-8/h5,7-8H,1-4,6,20H2,(H,21,25). The average molecular weight is 439 g/mol. The Labute approximate surface area is 159 Å². The van der Waals surface area contributed by atoms with Crippen LogP contribution < -0.4 is 21.6 Å². The zero-order valence-corrected chi connectivity index (χ0v) is 16.1. The second-order valence-electron chi connectivity index (χ2n) is 7.06. The van der Waals surface area contributed by atoms with Gasteiger partial charge in [-0.1, -0.05) is 0 Å². The smallest absolute Gasteiger partial charge is 0.271 e. The van der Waals surface area contributed by atoms with Crippen molar-refractivity contribution < 1.29 is 4.39 Å². The largest absolute Gasteiger partial charge is 0.367 e. The fraction of sp³-hybridized carbons (Fsp3) is 0.412. The highest BCUT2D eigenvalue weighted by atomic mass is 79.9. The highest BCUT2D eigenvalue weighted by Gasteiger charge is 2.32. The third-order valence-electron chi connectivity index (χ3n) is 5.23. The number of aromatic nitrogens is 2. The maximum absolute atomic E-state index is 15.0. The van der Waals surface area contributed by atoms with Crippen LogP contribution in [0.25, 0.3) is 21.1 Å². The Morgan fingerprint density at radius 2 is 2.08 bits per heavy atom. The van der Waals surface area contributed by atoms with Gasteiger partial charge in [0, 0.05) is 25.2 Å². The van der Waals surface area contributed by atoms with Gasteiger partial charge in [0.25, 0.3) is 5.56 Å². The summed E-state index contributed by atoms with van der Waals surface area (Å²) in [4.78, 5) is 27.6. The van der Waals surface area contributed by atoms with Crippen molar-refractivity contribution in [3.05, 3.63) is 36.9 Å². The number of nitrogens with two attached hydrogens (primary N) is 1. The first kappa shape index (κ1) is 16.5. The van der Waals surface area contributed by atoms with Crippen LogP contribution in [0.1, 0.15) is 25.3 Å². The van der Waals surface area contributed by atoms with E-state index in [0.717, 1.165) is 19.3 Å². The molecule has 1 saturated heterocycles. The molecular weight excluding hydrogens is 423 g/mol. The van der Waals surface area contributed by atoms with Gasteiger partial charge in [-0.25, -0.2) is 4.39 Å². The molecule has 1 aliphatic heterocycles. The van der Waals surface area contributed by atoms with Gasteiger partial charge in [-0.3, -0.25) is 14.0 Å². The van der Waals surface area contributed by atoms with Crippen LogP contribution in [-0.2, 0) is 0 Å². The molecule has 3 aromatic rings. The van der Waals surface area contributed by atoms with Crippen LogP contribution in [0.4, 0.5) is 10.1 Å². The summed E-state index contributed by atoms with van der Waals surface area (Å²) in [6, 6.07) is 1.51. The Kier molecular flexibility index (Phi) is 3.57. The highest BCUT2D eigenvalue weighted by Crippen LogP contribution is 2.44. The maximum atomic E-state index is 15.0. The maximum Gasteiger partial charge on any atom is 0.271 e. The molecule has 1 saturated carbocycles. The second kappa shape index (κ2) is 5.64. The number of rotatable bonds is 2. The third-order valence-corrected chi connectivity index (χ3v) is 6.87. The van der Waals surface area contributed by atoms with Crippen molar-refractivity contribution in [3.63, 3.8) is 0 Å². The molecular formula is C17H16BrFN4O2S. The van der Waals surface area contributed by atoms with Crippen LogP contribution >= 0.6 is 27.5 Å². The Balaban J connectivity index is 1.92. The van der Waals surface area contributed by atoms with Gasteiger partial charge in [0.05, 0.1) is 21.1 Å². The molecule has 2 aromatic heterocycles. The summed E-state index contributed by atoms with van der Waals surface area (Å²) in [5, 5.41) is 0.363. The van der Waals surface area contributed by atoms with E-state index in [-0.39, 0.29) is 22.9 Å². The number of aromatic amines is 1. The van der Waals surface area contributed by atoms with Crippen LogP contribution in [0.2, 0.25) is 0 Å².